The number of hydrogen-bond donors (Lipinski definition) is 2. The van der Waals surface area contributed by atoms with Gasteiger partial charge in [0.1, 0.15) is 0 Å². The Morgan fingerprint density at radius 2 is 1.81 bits per heavy atom. The van der Waals surface area contributed by atoms with Crippen molar-refractivity contribution in [1.82, 2.24) is 0 Å². The van der Waals surface area contributed by atoms with Crippen molar-refractivity contribution in [2.24, 2.45) is 5.92 Å². The maximum Gasteiger partial charge on any atom is 0.306 e. The van der Waals surface area contributed by atoms with Gasteiger partial charge in [0.05, 0.1) is 12.5 Å². The number of carbonyl (C=O) groups excluding carboxylic acids is 1. The number of carbonyl (C=O) groups is 2. The quantitative estimate of drug-likeness (QED) is 0.740. The van der Waals surface area contributed by atoms with Crippen LogP contribution in [0.3, 0.4) is 0 Å². The first-order valence-electron chi connectivity index (χ1n) is 5.00. The lowest BCUT2D eigenvalue weighted by atomic mass is 9.99. The zero-order chi connectivity index (χ0) is 12.1. The fourth-order valence-electron chi connectivity index (χ4n) is 1.28. The van der Waals surface area contributed by atoms with Gasteiger partial charge >= 0.3 is 5.97 Å². The number of Topliss-reactive ketones (excluding diaryl/α,β-unsaturated/α-hetero) is 1. The predicted molar refractivity (Wildman–Crippen MR) is 58.1 cm³/mol. The lowest BCUT2D eigenvalue weighted by molar-refractivity contribution is -0.141. The summed E-state index contributed by atoms with van der Waals surface area (Å²) in [5.74, 6) is -1.84. The third-order valence-electron chi connectivity index (χ3n) is 2.37. The number of aliphatic hydroxyl groups is 1. The predicted octanol–water partition coefficient (Wildman–Crippen LogP) is 1.47. The van der Waals surface area contributed by atoms with Gasteiger partial charge in [-0.1, -0.05) is 31.2 Å². The highest BCUT2D eigenvalue weighted by Gasteiger charge is 2.16. The molecule has 1 rings (SSSR count). The number of ketones is 1. The van der Waals surface area contributed by atoms with E-state index in [1.165, 1.54) is 6.92 Å². The van der Waals surface area contributed by atoms with Crippen molar-refractivity contribution in [2.45, 2.75) is 20.0 Å². The number of aliphatic carboxylic acids is 1. The zero-order valence-corrected chi connectivity index (χ0v) is 9.01. The molecule has 1 unspecified atom stereocenters. The van der Waals surface area contributed by atoms with Gasteiger partial charge in [0.2, 0.25) is 0 Å². The van der Waals surface area contributed by atoms with Gasteiger partial charge in [0, 0.05) is 12.0 Å². The van der Waals surface area contributed by atoms with E-state index in [-0.39, 0.29) is 18.8 Å². The first kappa shape index (κ1) is 12.4. The Bertz CT molecular complexity index is 381. The molecule has 0 aromatic heterocycles. The van der Waals surface area contributed by atoms with Crippen molar-refractivity contribution >= 4 is 11.8 Å². The van der Waals surface area contributed by atoms with Crippen LogP contribution in [0.4, 0.5) is 0 Å². The Hall–Kier alpha value is -1.68. The van der Waals surface area contributed by atoms with Crippen LogP contribution < -0.4 is 0 Å². The summed E-state index contributed by atoms with van der Waals surface area (Å²) in [5, 5.41) is 17.5. The van der Waals surface area contributed by atoms with Crippen molar-refractivity contribution in [3.63, 3.8) is 0 Å². The zero-order valence-electron chi connectivity index (χ0n) is 9.01. The molecule has 0 amide bonds. The summed E-state index contributed by atoms with van der Waals surface area (Å²) in [7, 11) is 0. The maximum atomic E-state index is 11.6. The van der Waals surface area contributed by atoms with Gasteiger partial charge in [-0.2, -0.15) is 0 Å². The monoisotopic (exact) mass is 222 g/mol. The summed E-state index contributed by atoms with van der Waals surface area (Å²) in [6.45, 7) is 1.43. The van der Waals surface area contributed by atoms with Gasteiger partial charge in [-0.05, 0) is 5.56 Å². The average molecular weight is 222 g/mol. The molecule has 0 saturated carbocycles. The molecule has 2 N–H and O–H groups in total. The van der Waals surface area contributed by atoms with Crippen LogP contribution in [-0.4, -0.2) is 22.0 Å². The Morgan fingerprint density at radius 3 is 2.25 bits per heavy atom. The molecule has 0 spiro atoms. The Labute approximate surface area is 93.5 Å². The second kappa shape index (κ2) is 5.42. The van der Waals surface area contributed by atoms with E-state index in [9.17, 15) is 9.59 Å². The fraction of sp³-hybridized carbons (Fsp3) is 0.333. The second-order valence-corrected chi connectivity index (χ2v) is 3.72. The number of rotatable bonds is 5. The van der Waals surface area contributed by atoms with Crippen LogP contribution >= 0.6 is 0 Å². The van der Waals surface area contributed by atoms with Gasteiger partial charge in [-0.15, -0.1) is 0 Å². The molecule has 1 aromatic carbocycles. The third-order valence-corrected chi connectivity index (χ3v) is 2.37. The minimum atomic E-state index is -0.972. The average Bonchev–Trinajstić information content (AvgIpc) is 2.28. The molecule has 0 aliphatic carbocycles. The lowest BCUT2D eigenvalue weighted by Gasteiger charge is -2.05. The molecule has 4 nitrogen and oxygen atoms in total. The second-order valence-electron chi connectivity index (χ2n) is 3.72. The van der Waals surface area contributed by atoms with Crippen LogP contribution in [0.5, 0.6) is 0 Å². The van der Waals surface area contributed by atoms with Crippen LogP contribution in [0.1, 0.15) is 29.3 Å². The molecule has 0 bridgehead atoms. The molecule has 86 valence electrons. The van der Waals surface area contributed by atoms with Crippen LogP contribution in [0, 0.1) is 5.92 Å². The maximum absolute atomic E-state index is 11.6. The number of aliphatic hydroxyl groups excluding tert-OH is 1. The largest absolute Gasteiger partial charge is 0.481 e. The Kier molecular flexibility index (Phi) is 4.19. The van der Waals surface area contributed by atoms with E-state index < -0.39 is 11.9 Å². The normalized spacial score (nSPS) is 12.1. The van der Waals surface area contributed by atoms with Crippen molar-refractivity contribution in [3.8, 4) is 0 Å². The molecule has 0 fully saturated rings. The van der Waals surface area contributed by atoms with Gasteiger partial charge in [-0.25, -0.2) is 0 Å². The molecule has 16 heavy (non-hydrogen) atoms. The summed E-state index contributed by atoms with van der Waals surface area (Å²) in [5.41, 5.74) is 1.20. The molecule has 0 heterocycles. The van der Waals surface area contributed by atoms with E-state index in [0.717, 1.165) is 5.56 Å². The molecular weight excluding hydrogens is 208 g/mol. The summed E-state index contributed by atoms with van der Waals surface area (Å²) in [6, 6.07) is 6.50. The standard InChI is InChI=1S/C12H14O4/c1-8(12(15)16)6-11(14)10-4-2-9(7-13)3-5-10/h2-5,8,13H,6-7H2,1H3,(H,15,16). The number of hydrogen-bond acceptors (Lipinski definition) is 3. The van der Waals surface area contributed by atoms with Gasteiger partial charge in [0.25, 0.3) is 0 Å². The molecule has 1 aromatic rings. The first-order valence-corrected chi connectivity index (χ1v) is 5.00. The fourth-order valence-corrected chi connectivity index (χ4v) is 1.28. The lowest BCUT2D eigenvalue weighted by Crippen LogP contribution is -2.14. The SMILES string of the molecule is CC(CC(=O)c1ccc(CO)cc1)C(=O)O. The molecule has 1 atom stereocenters. The summed E-state index contributed by atoms with van der Waals surface area (Å²) in [4.78, 5) is 22.2. The topological polar surface area (TPSA) is 74.6 Å². The van der Waals surface area contributed by atoms with Gasteiger partial charge in [0.15, 0.2) is 5.78 Å². The summed E-state index contributed by atoms with van der Waals surface area (Å²) >= 11 is 0. The summed E-state index contributed by atoms with van der Waals surface area (Å²) < 4.78 is 0. The third kappa shape index (κ3) is 3.17. The molecule has 0 aliphatic rings. The minimum absolute atomic E-state index is 0.00615. The minimum Gasteiger partial charge on any atom is -0.481 e. The van der Waals surface area contributed by atoms with E-state index >= 15 is 0 Å². The molecule has 0 radical (unpaired) electrons. The van der Waals surface area contributed by atoms with Gasteiger partial charge in [-0.3, -0.25) is 9.59 Å². The highest BCUT2D eigenvalue weighted by molar-refractivity contribution is 5.97. The van der Waals surface area contributed by atoms with Crippen LogP contribution in [0.25, 0.3) is 0 Å². The van der Waals surface area contributed by atoms with E-state index in [4.69, 9.17) is 10.2 Å². The molecule has 4 heteroatoms. The molecule has 0 aliphatic heterocycles. The van der Waals surface area contributed by atoms with Crippen molar-refractivity contribution in [1.29, 1.82) is 0 Å². The number of carboxylic acid groups (broad SMARTS) is 1. The highest BCUT2D eigenvalue weighted by atomic mass is 16.4. The number of carboxylic acids is 1. The highest BCUT2D eigenvalue weighted by Crippen LogP contribution is 2.11. The Balaban J connectivity index is 2.69. The van der Waals surface area contributed by atoms with Crippen LogP contribution in [-0.2, 0) is 11.4 Å². The van der Waals surface area contributed by atoms with Crippen LogP contribution in [0.15, 0.2) is 24.3 Å². The van der Waals surface area contributed by atoms with E-state index in [1.54, 1.807) is 24.3 Å². The van der Waals surface area contributed by atoms with Crippen molar-refractivity contribution in [3.05, 3.63) is 35.4 Å². The molecule has 0 saturated heterocycles. The smallest absolute Gasteiger partial charge is 0.306 e. The Morgan fingerprint density at radius 1 is 1.25 bits per heavy atom. The summed E-state index contributed by atoms with van der Waals surface area (Å²) in [6.07, 6.45) is -0.00615. The van der Waals surface area contributed by atoms with Crippen LogP contribution in [0.2, 0.25) is 0 Å². The van der Waals surface area contributed by atoms with Crippen molar-refractivity contribution < 1.29 is 19.8 Å². The van der Waals surface area contributed by atoms with Gasteiger partial charge < -0.3 is 10.2 Å². The molecular formula is C12H14O4. The number of benzene rings is 1. The van der Waals surface area contributed by atoms with E-state index in [1.807, 2.05) is 0 Å². The van der Waals surface area contributed by atoms with Crippen molar-refractivity contribution in [2.75, 3.05) is 0 Å². The van der Waals surface area contributed by atoms with E-state index in [2.05, 4.69) is 0 Å². The van der Waals surface area contributed by atoms with E-state index in [0.29, 0.717) is 5.56 Å². The first-order chi connectivity index (χ1) is 7.54.